The van der Waals surface area contributed by atoms with E-state index in [0.717, 1.165) is 5.56 Å². The fraction of sp³-hybridized carbons (Fsp3) is 0.231. The summed E-state index contributed by atoms with van der Waals surface area (Å²) in [6.45, 7) is 3.80. The standard InChI is InChI=1S/C13H12N2O3S2/c1-8(2)14-12(16)11(20-13(14)19)7-9-3-5-10(6-4-9)15(17)18/h3-8H,1-2H3. The molecule has 2 rings (SSSR count). The lowest BCUT2D eigenvalue weighted by molar-refractivity contribution is -0.384. The zero-order valence-electron chi connectivity index (χ0n) is 10.9. The van der Waals surface area contributed by atoms with Crippen molar-refractivity contribution in [3.05, 3.63) is 44.8 Å². The zero-order chi connectivity index (χ0) is 14.9. The largest absolute Gasteiger partial charge is 0.290 e. The Labute approximate surface area is 125 Å². The molecule has 0 saturated carbocycles. The lowest BCUT2D eigenvalue weighted by Crippen LogP contribution is -2.34. The summed E-state index contributed by atoms with van der Waals surface area (Å²) in [5, 5.41) is 10.6. The van der Waals surface area contributed by atoms with E-state index in [2.05, 4.69) is 0 Å². The Bertz CT molecular complexity index is 609. The summed E-state index contributed by atoms with van der Waals surface area (Å²) in [5.41, 5.74) is 0.761. The Kier molecular flexibility index (Phi) is 4.20. The van der Waals surface area contributed by atoms with Crippen LogP contribution in [-0.4, -0.2) is 26.1 Å². The topological polar surface area (TPSA) is 63.5 Å². The van der Waals surface area contributed by atoms with Crippen LogP contribution < -0.4 is 0 Å². The minimum Gasteiger partial charge on any atom is -0.290 e. The molecule has 1 fully saturated rings. The van der Waals surface area contributed by atoms with Crippen molar-refractivity contribution in [2.24, 2.45) is 0 Å². The molecule has 0 spiro atoms. The van der Waals surface area contributed by atoms with Gasteiger partial charge in [-0.15, -0.1) is 0 Å². The molecule has 1 aliphatic heterocycles. The summed E-state index contributed by atoms with van der Waals surface area (Å²) in [6.07, 6.45) is 1.70. The molecule has 1 amide bonds. The predicted molar refractivity (Wildman–Crippen MR) is 83.2 cm³/mol. The van der Waals surface area contributed by atoms with E-state index in [-0.39, 0.29) is 17.6 Å². The van der Waals surface area contributed by atoms with Crippen LogP contribution in [0.15, 0.2) is 29.2 Å². The van der Waals surface area contributed by atoms with Crippen molar-refractivity contribution in [2.45, 2.75) is 19.9 Å². The van der Waals surface area contributed by atoms with Crippen LogP contribution in [0.2, 0.25) is 0 Å². The average Bonchev–Trinajstić information content (AvgIpc) is 2.65. The van der Waals surface area contributed by atoms with Crippen molar-refractivity contribution in [3.8, 4) is 0 Å². The fourth-order valence-corrected chi connectivity index (χ4v) is 3.29. The molecule has 0 radical (unpaired) electrons. The van der Waals surface area contributed by atoms with Gasteiger partial charge in [-0.2, -0.15) is 0 Å². The van der Waals surface area contributed by atoms with Gasteiger partial charge in [0.25, 0.3) is 11.6 Å². The fourth-order valence-electron chi connectivity index (χ4n) is 1.77. The molecule has 0 N–H and O–H groups in total. The molecule has 1 aromatic carbocycles. The monoisotopic (exact) mass is 308 g/mol. The summed E-state index contributed by atoms with van der Waals surface area (Å²) in [4.78, 5) is 24.4. The van der Waals surface area contributed by atoms with Crippen molar-refractivity contribution in [3.63, 3.8) is 0 Å². The Morgan fingerprint density at radius 2 is 1.95 bits per heavy atom. The molecule has 20 heavy (non-hydrogen) atoms. The molecular weight excluding hydrogens is 296 g/mol. The number of thiocarbonyl (C=S) groups is 1. The lowest BCUT2D eigenvalue weighted by Gasteiger charge is -2.18. The van der Waals surface area contributed by atoms with E-state index in [1.54, 1.807) is 23.1 Å². The van der Waals surface area contributed by atoms with Gasteiger partial charge in [-0.3, -0.25) is 19.8 Å². The summed E-state index contributed by atoms with van der Waals surface area (Å²) in [7, 11) is 0. The third-order valence-corrected chi connectivity index (χ3v) is 4.07. The molecule has 0 aromatic heterocycles. The number of nitro groups is 1. The normalized spacial score (nSPS) is 17.4. The smallest absolute Gasteiger partial charge is 0.269 e. The first-order valence-corrected chi connectivity index (χ1v) is 7.14. The quantitative estimate of drug-likeness (QED) is 0.371. The van der Waals surface area contributed by atoms with E-state index in [4.69, 9.17) is 12.2 Å². The second-order valence-electron chi connectivity index (χ2n) is 4.49. The van der Waals surface area contributed by atoms with Crippen LogP contribution >= 0.6 is 24.0 Å². The molecule has 7 heteroatoms. The Morgan fingerprint density at radius 3 is 2.40 bits per heavy atom. The highest BCUT2D eigenvalue weighted by molar-refractivity contribution is 8.26. The highest BCUT2D eigenvalue weighted by Crippen LogP contribution is 2.33. The van der Waals surface area contributed by atoms with Crippen LogP contribution in [0.4, 0.5) is 5.69 Å². The first-order valence-electron chi connectivity index (χ1n) is 5.91. The summed E-state index contributed by atoms with van der Waals surface area (Å²) < 4.78 is 0.540. The van der Waals surface area contributed by atoms with E-state index in [1.807, 2.05) is 13.8 Å². The van der Waals surface area contributed by atoms with E-state index < -0.39 is 4.92 Å². The predicted octanol–water partition coefficient (Wildman–Crippen LogP) is 3.20. The van der Waals surface area contributed by atoms with Crippen LogP contribution in [0.1, 0.15) is 19.4 Å². The number of hydrogen-bond acceptors (Lipinski definition) is 5. The van der Waals surface area contributed by atoms with Crippen molar-refractivity contribution in [1.82, 2.24) is 4.90 Å². The summed E-state index contributed by atoms with van der Waals surface area (Å²) in [5.74, 6) is -0.117. The minimum atomic E-state index is -0.456. The average molecular weight is 308 g/mol. The van der Waals surface area contributed by atoms with Crippen molar-refractivity contribution < 1.29 is 9.72 Å². The molecule has 1 saturated heterocycles. The number of amides is 1. The molecule has 0 aliphatic carbocycles. The minimum absolute atomic E-state index is 0.0188. The molecule has 1 aromatic rings. The second kappa shape index (κ2) is 5.72. The molecule has 104 valence electrons. The third-order valence-electron chi connectivity index (χ3n) is 2.74. The molecular formula is C13H12N2O3S2. The number of hydrogen-bond donors (Lipinski definition) is 0. The summed E-state index contributed by atoms with van der Waals surface area (Å²) in [6, 6.07) is 6.06. The number of non-ortho nitro benzene ring substituents is 1. The van der Waals surface area contributed by atoms with E-state index >= 15 is 0 Å². The molecule has 5 nitrogen and oxygen atoms in total. The van der Waals surface area contributed by atoms with E-state index in [9.17, 15) is 14.9 Å². The highest BCUT2D eigenvalue weighted by atomic mass is 32.2. The molecule has 0 atom stereocenters. The number of carbonyl (C=O) groups excluding carboxylic acids is 1. The van der Waals surface area contributed by atoms with Crippen molar-refractivity contribution in [1.29, 1.82) is 0 Å². The maximum Gasteiger partial charge on any atom is 0.269 e. The SMILES string of the molecule is CC(C)N1C(=O)C(=Cc2ccc([N+](=O)[O-])cc2)SC1=S. The van der Waals surface area contributed by atoms with Gasteiger partial charge in [0.1, 0.15) is 4.32 Å². The van der Waals surface area contributed by atoms with Gasteiger partial charge < -0.3 is 0 Å². The maximum atomic E-state index is 12.2. The van der Waals surface area contributed by atoms with Gasteiger partial charge in [0.2, 0.25) is 0 Å². The molecule has 0 bridgehead atoms. The van der Waals surface area contributed by atoms with Crippen LogP contribution in [0.3, 0.4) is 0 Å². The maximum absolute atomic E-state index is 12.2. The van der Waals surface area contributed by atoms with Crippen molar-refractivity contribution in [2.75, 3.05) is 0 Å². The first kappa shape index (κ1) is 14.7. The van der Waals surface area contributed by atoms with Gasteiger partial charge in [0, 0.05) is 18.2 Å². The number of nitrogens with zero attached hydrogens (tertiary/aromatic N) is 2. The van der Waals surface area contributed by atoms with Gasteiger partial charge in [-0.05, 0) is 37.6 Å². The molecule has 1 heterocycles. The van der Waals surface area contributed by atoms with Crippen LogP contribution in [0, 0.1) is 10.1 Å². The Balaban J connectivity index is 2.26. The highest BCUT2D eigenvalue weighted by Gasteiger charge is 2.33. The van der Waals surface area contributed by atoms with Crippen molar-refractivity contribution >= 4 is 46.0 Å². The lowest BCUT2D eigenvalue weighted by atomic mass is 10.2. The third kappa shape index (κ3) is 2.88. The van der Waals surface area contributed by atoms with E-state index in [0.29, 0.717) is 9.23 Å². The number of carbonyl (C=O) groups is 1. The number of nitro benzene ring substituents is 1. The Morgan fingerprint density at radius 1 is 1.35 bits per heavy atom. The van der Waals surface area contributed by atoms with Crippen LogP contribution in [0.25, 0.3) is 6.08 Å². The second-order valence-corrected chi connectivity index (χ2v) is 6.17. The molecule has 1 aliphatic rings. The van der Waals surface area contributed by atoms with Gasteiger partial charge >= 0.3 is 0 Å². The number of thioether (sulfide) groups is 1. The Hall–Kier alpha value is -1.73. The number of benzene rings is 1. The van der Waals surface area contributed by atoms with Crippen LogP contribution in [-0.2, 0) is 4.79 Å². The zero-order valence-corrected chi connectivity index (χ0v) is 12.5. The first-order chi connectivity index (χ1) is 9.40. The van der Waals surface area contributed by atoms with Crippen LogP contribution in [0.5, 0.6) is 0 Å². The number of rotatable bonds is 3. The van der Waals surface area contributed by atoms with E-state index in [1.165, 1.54) is 23.9 Å². The summed E-state index contributed by atoms with van der Waals surface area (Å²) >= 11 is 6.43. The van der Waals surface area contributed by atoms with Gasteiger partial charge in [-0.25, -0.2) is 0 Å². The van der Waals surface area contributed by atoms with Gasteiger partial charge in [0.15, 0.2) is 0 Å². The molecule has 0 unspecified atom stereocenters. The van der Waals surface area contributed by atoms with Gasteiger partial charge in [0.05, 0.1) is 9.83 Å². The van der Waals surface area contributed by atoms with Gasteiger partial charge in [-0.1, -0.05) is 24.0 Å².